The Morgan fingerprint density at radius 3 is 2.35 bits per heavy atom. The van der Waals surface area contributed by atoms with Crippen LogP contribution in [-0.2, 0) is 14.3 Å². The first-order chi connectivity index (χ1) is 15.7. The van der Waals surface area contributed by atoms with Gasteiger partial charge in [0.25, 0.3) is 0 Å². The summed E-state index contributed by atoms with van der Waals surface area (Å²) in [6.07, 6.45) is 0.861. The molecule has 0 unspecified atom stereocenters. The molecule has 4 fully saturated rings. The Balaban J connectivity index is 1.87. The number of carbonyl (C=O) groups excluding carboxylic acids is 2. The summed E-state index contributed by atoms with van der Waals surface area (Å²) in [6.45, 7) is 13.7. The number of ether oxygens (including phenoxy) is 2. The van der Waals surface area contributed by atoms with Crippen molar-refractivity contribution in [3.63, 3.8) is 0 Å². The molecule has 8 heteroatoms. The quantitative estimate of drug-likeness (QED) is 0.521. The maximum atomic E-state index is 13.9. The normalized spacial score (nSPS) is 48.5. The summed E-state index contributed by atoms with van der Waals surface area (Å²) in [6, 6.07) is 0. The fourth-order valence-corrected chi connectivity index (χ4v) is 7.74. The highest BCUT2D eigenvalue weighted by Gasteiger charge is 2.81. The number of fused-ring (bicyclic) bond motifs is 3. The molecule has 4 aliphatic rings. The maximum Gasteiger partial charge on any atom is 0.410 e. The molecule has 0 bridgehead atoms. The van der Waals surface area contributed by atoms with Crippen LogP contribution >= 0.6 is 0 Å². The summed E-state index contributed by atoms with van der Waals surface area (Å²) < 4.78 is 12.4. The lowest BCUT2D eigenvalue weighted by Crippen LogP contribution is -2.86. The number of likely N-dealkylation sites (tertiary alicyclic amines) is 1. The number of nitrogens with zero attached hydrogens (tertiary/aromatic N) is 1. The average Bonchev–Trinajstić information content (AvgIpc) is 2.77. The van der Waals surface area contributed by atoms with E-state index in [1.807, 2.05) is 13.8 Å². The van der Waals surface area contributed by atoms with Gasteiger partial charge in [-0.15, -0.1) is 6.58 Å². The zero-order chi connectivity index (χ0) is 25.3. The monoisotopic (exact) mass is 479 g/mol. The van der Waals surface area contributed by atoms with Crippen molar-refractivity contribution in [2.75, 3.05) is 13.1 Å². The van der Waals surface area contributed by atoms with Crippen LogP contribution in [0.1, 0.15) is 73.1 Å². The number of rotatable bonds is 2. The van der Waals surface area contributed by atoms with Crippen molar-refractivity contribution in [1.82, 2.24) is 4.90 Å². The molecule has 1 amide bonds. The van der Waals surface area contributed by atoms with Gasteiger partial charge in [0.05, 0.1) is 17.8 Å². The Morgan fingerprint density at radius 2 is 1.76 bits per heavy atom. The van der Waals surface area contributed by atoms with Crippen molar-refractivity contribution in [1.29, 1.82) is 0 Å². The second-order valence-electron chi connectivity index (χ2n) is 12.2. The highest BCUT2D eigenvalue weighted by atomic mass is 16.6. The van der Waals surface area contributed by atoms with E-state index in [1.165, 1.54) is 13.0 Å². The number of aliphatic hydroxyl groups excluding tert-OH is 2. The van der Waals surface area contributed by atoms with Gasteiger partial charge in [0, 0.05) is 30.8 Å². The van der Waals surface area contributed by atoms with Crippen LogP contribution in [0.4, 0.5) is 4.79 Å². The van der Waals surface area contributed by atoms with Crippen molar-refractivity contribution < 1.29 is 34.4 Å². The van der Waals surface area contributed by atoms with E-state index in [0.717, 1.165) is 19.3 Å². The fourth-order valence-electron chi connectivity index (χ4n) is 7.74. The van der Waals surface area contributed by atoms with Crippen LogP contribution in [0.25, 0.3) is 0 Å². The minimum absolute atomic E-state index is 0.138. The number of hydrogen-bond donors (Lipinski definition) is 3. The lowest BCUT2D eigenvalue weighted by Gasteiger charge is -2.71. The topological polar surface area (TPSA) is 117 Å². The first-order valence-corrected chi connectivity index (χ1v) is 12.6. The van der Waals surface area contributed by atoms with Gasteiger partial charge in [0.2, 0.25) is 0 Å². The number of carbonyl (C=O) groups is 2. The molecule has 0 spiro atoms. The first-order valence-electron chi connectivity index (χ1n) is 12.6. The second-order valence-corrected chi connectivity index (χ2v) is 12.2. The van der Waals surface area contributed by atoms with Crippen LogP contribution < -0.4 is 0 Å². The van der Waals surface area contributed by atoms with E-state index < -0.39 is 63.7 Å². The van der Waals surface area contributed by atoms with Gasteiger partial charge in [-0.1, -0.05) is 26.8 Å². The van der Waals surface area contributed by atoms with E-state index in [-0.39, 0.29) is 6.42 Å². The van der Waals surface area contributed by atoms with Gasteiger partial charge in [-0.25, -0.2) is 4.79 Å². The van der Waals surface area contributed by atoms with Crippen LogP contribution in [0.15, 0.2) is 12.7 Å². The Labute approximate surface area is 202 Å². The van der Waals surface area contributed by atoms with E-state index in [1.54, 1.807) is 18.7 Å². The first kappa shape index (κ1) is 25.6. The number of amides is 1. The molecule has 3 N–H and O–H groups in total. The van der Waals surface area contributed by atoms with Gasteiger partial charge >= 0.3 is 6.09 Å². The van der Waals surface area contributed by atoms with Crippen molar-refractivity contribution in [3.8, 4) is 0 Å². The predicted molar refractivity (Wildman–Crippen MR) is 125 cm³/mol. The molecule has 0 aromatic rings. The Kier molecular flexibility index (Phi) is 6.04. The molecule has 0 aromatic carbocycles. The molecule has 34 heavy (non-hydrogen) atoms. The van der Waals surface area contributed by atoms with E-state index in [0.29, 0.717) is 25.9 Å². The fraction of sp³-hybridized carbons (Fsp3) is 0.846. The van der Waals surface area contributed by atoms with Gasteiger partial charge < -0.3 is 29.7 Å². The van der Waals surface area contributed by atoms with Gasteiger partial charge in [-0.3, -0.25) is 4.79 Å². The Hall–Kier alpha value is -1.48. The van der Waals surface area contributed by atoms with Crippen molar-refractivity contribution in [3.05, 3.63) is 12.7 Å². The third kappa shape index (κ3) is 3.25. The van der Waals surface area contributed by atoms with Crippen molar-refractivity contribution in [2.24, 2.45) is 16.7 Å². The predicted octanol–water partition coefficient (Wildman–Crippen LogP) is 2.58. The molecule has 192 valence electrons. The molecule has 2 saturated heterocycles. The molecule has 0 radical (unpaired) electrons. The number of hydrogen-bond acceptors (Lipinski definition) is 7. The van der Waals surface area contributed by atoms with Crippen molar-refractivity contribution in [2.45, 2.75) is 108 Å². The Morgan fingerprint density at radius 1 is 1.15 bits per heavy atom. The Bertz CT molecular complexity index is 869. The zero-order valence-electron chi connectivity index (χ0n) is 21.2. The highest BCUT2D eigenvalue weighted by molar-refractivity contribution is 5.92. The molecule has 2 heterocycles. The summed E-state index contributed by atoms with van der Waals surface area (Å²) in [5.74, 6) is -1.22. The molecular weight excluding hydrogens is 438 g/mol. The van der Waals surface area contributed by atoms with Crippen LogP contribution in [0.3, 0.4) is 0 Å². The van der Waals surface area contributed by atoms with Gasteiger partial charge in [-0.2, -0.15) is 0 Å². The maximum absolute atomic E-state index is 13.9. The zero-order valence-corrected chi connectivity index (χ0v) is 21.2. The van der Waals surface area contributed by atoms with Crippen LogP contribution in [-0.4, -0.2) is 80.3 Å². The highest BCUT2D eigenvalue weighted by Crippen LogP contribution is 2.67. The lowest BCUT2D eigenvalue weighted by molar-refractivity contribution is -0.369. The third-order valence-electron chi connectivity index (χ3n) is 9.57. The summed E-state index contributed by atoms with van der Waals surface area (Å²) in [4.78, 5) is 28.7. The molecule has 2 saturated carbocycles. The number of aliphatic hydroxyl groups is 3. The standard InChI is InChI=1S/C26H41NO7/c1-7-23(4)15-17(29)26(32)24(5)16(28)11-12-22(2,3)19(24)18(30)20(25(26,6)34-23)33-21(31)27-13-9-8-10-14-27/h7,16,18-20,28,30,32H,1,8-15H2,2-6H3/t16-,18-,19-,20-,23-,24-,25+,26-/m0/s1. The summed E-state index contributed by atoms with van der Waals surface area (Å²) >= 11 is 0. The van der Waals surface area contributed by atoms with E-state index in [9.17, 15) is 24.9 Å². The van der Waals surface area contributed by atoms with E-state index in [4.69, 9.17) is 9.47 Å². The largest absolute Gasteiger partial charge is 0.440 e. The summed E-state index contributed by atoms with van der Waals surface area (Å²) in [5.41, 5.74) is -7.10. The van der Waals surface area contributed by atoms with Crippen LogP contribution in [0, 0.1) is 16.7 Å². The van der Waals surface area contributed by atoms with Crippen LogP contribution in [0.5, 0.6) is 0 Å². The van der Waals surface area contributed by atoms with Crippen LogP contribution in [0.2, 0.25) is 0 Å². The third-order valence-corrected chi connectivity index (χ3v) is 9.57. The number of piperidine rings is 1. The molecule has 8 atom stereocenters. The minimum atomic E-state index is -2.20. The smallest absolute Gasteiger partial charge is 0.410 e. The molecule has 2 aliphatic carbocycles. The summed E-state index contributed by atoms with van der Waals surface area (Å²) in [7, 11) is 0. The molecule has 0 aromatic heterocycles. The number of ketones is 1. The molecule has 2 aliphatic heterocycles. The van der Waals surface area contributed by atoms with Crippen molar-refractivity contribution >= 4 is 11.9 Å². The number of Topliss-reactive ketones (excluding diaryl/α,β-unsaturated/α-hetero) is 1. The van der Waals surface area contributed by atoms with Gasteiger partial charge in [0.15, 0.2) is 17.5 Å². The van der Waals surface area contributed by atoms with E-state index in [2.05, 4.69) is 6.58 Å². The molecule has 8 nitrogen and oxygen atoms in total. The molecular formula is C26H41NO7. The SMILES string of the molecule is C=C[C@@]1(C)CC(=O)[C@]2(O)[C@@]3(C)[C@@H](O)CCC(C)(C)[C@@H]3[C@H](O)[C@H](OC(=O)N3CCCCC3)[C@@]2(C)O1. The molecule has 4 rings (SSSR count). The lowest BCUT2D eigenvalue weighted by atomic mass is 9.40. The van der Waals surface area contributed by atoms with Gasteiger partial charge in [0.1, 0.15) is 5.60 Å². The second kappa shape index (κ2) is 8.02. The van der Waals surface area contributed by atoms with E-state index >= 15 is 0 Å². The van der Waals surface area contributed by atoms with Gasteiger partial charge in [-0.05, 0) is 51.4 Å². The average molecular weight is 480 g/mol. The summed E-state index contributed by atoms with van der Waals surface area (Å²) in [5, 5.41) is 35.6. The minimum Gasteiger partial charge on any atom is -0.440 e.